The van der Waals surface area contributed by atoms with Gasteiger partial charge in [0, 0.05) is 5.75 Å². The first kappa shape index (κ1) is 17.4. The molecule has 0 fully saturated rings. The fraction of sp³-hybridized carbons (Fsp3) is 0.150. The molecule has 0 spiro atoms. The van der Waals surface area contributed by atoms with Crippen molar-refractivity contribution in [2.75, 3.05) is 18.1 Å². The summed E-state index contributed by atoms with van der Waals surface area (Å²) >= 11 is 1.62. The molecule has 4 aromatic rings. The van der Waals surface area contributed by atoms with E-state index in [-0.39, 0.29) is 0 Å². The number of thioether (sulfide) groups is 1. The van der Waals surface area contributed by atoms with E-state index in [0.717, 1.165) is 22.3 Å². The van der Waals surface area contributed by atoms with Crippen LogP contribution >= 0.6 is 11.8 Å². The number of rotatable bonds is 7. The molecular weight excluding hydrogens is 358 g/mol. The average Bonchev–Trinajstić information content (AvgIpc) is 3.06. The maximum absolute atomic E-state index is 6.00. The summed E-state index contributed by atoms with van der Waals surface area (Å²) in [5, 5.41) is 0.859. The third-order valence-electron chi connectivity index (χ3n) is 4.04. The second kappa shape index (κ2) is 8.09. The van der Waals surface area contributed by atoms with Gasteiger partial charge in [0.2, 0.25) is 0 Å². The van der Waals surface area contributed by atoms with Crippen LogP contribution in [0.2, 0.25) is 0 Å². The van der Waals surface area contributed by atoms with Gasteiger partial charge in [0.25, 0.3) is 0 Å². The normalized spacial score (nSPS) is 11.0. The van der Waals surface area contributed by atoms with E-state index in [0.29, 0.717) is 24.5 Å². The minimum absolute atomic E-state index is 0.397. The van der Waals surface area contributed by atoms with Crippen LogP contribution in [0.15, 0.2) is 72.1 Å². The first-order valence-electron chi connectivity index (χ1n) is 8.62. The van der Waals surface area contributed by atoms with Crippen LogP contribution in [0.3, 0.4) is 0 Å². The first-order valence-corrected chi connectivity index (χ1v) is 9.61. The lowest BCUT2D eigenvalue weighted by Crippen LogP contribution is -2.05. The summed E-state index contributed by atoms with van der Waals surface area (Å²) in [7, 11) is 0. The second-order valence-corrected chi connectivity index (χ2v) is 6.97. The van der Waals surface area contributed by atoms with Crippen LogP contribution in [0, 0.1) is 0 Å². The van der Waals surface area contributed by atoms with Crippen LogP contribution in [0.25, 0.3) is 11.2 Å². The molecular formula is C20H19N5OS. The van der Waals surface area contributed by atoms with Gasteiger partial charge in [-0.1, -0.05) is 60.3 Å². The summed E-state index contributed by atoms with van der Waals surface area (Å²) in [4.78, 5) is 13.1. The van der Waals surface area contributed by atoms with Gasteiger partial charge < -0.3 is 10.5 Å². The van der Waals surface area contributed by atoms with Crippen molar-refractivity contribution in [1.29, 1.82) is 0 Å². The van der Waals surface area contributed by atoms with Crippen LogP contribution in [0.5, 0.6) is 5.75 Å². The monoisotopic (exact) mass is 377 g/mol. The number of ether oxygens (including phenoxy) is 1. The Bertz CT molecular complexity index is 1020. The molecule has 0 saturated carbocycles. The second-order valence-electron chi connectivity index (χ2n) is 5.91. The number of nitrogens with two attached hydrogens (primary N) is 1. The maximum atomic E-state index is 6.00. The van der Waals surface area contributed by atoms with Gasteiger partial charge in [-0.25, -0.2) is 15.0 Å². The quantitative estimate of drug-likeness (QED) is 0.391. The molecule has 0 aliphatic heterocycles. The van der Waals surface area contributed by atoms with E-state index in [1.54, 1.807) is 11.8 Å². The zero-order valence-electron chi connectivity index (χ0n) is 14.7. The van der Waals surface area contributed by atoms with E-state index in [2.05, 4.69) is 31.7 Å². The van der Waals surface area contributed by atoms with E-state index in [4.69, 9.17) is 10.5 Å². The van der Waals surface area contributed by atoms with Gasteiger partial charge in [-0.3, -0.25) is 4.57 Å². The molecule has 136 valence electrons. The standard InChI is InChI=1S/C20H19N5OS/c21-18-17-19(23-14-22-18)25(13-15-7-3-1-4-8-15)20(24-17)27-12-11-26-16-9-5-2-6-10-16/h1-10,14H,11-13H2,(H2,21,22,23). The SMILES string of the molecule is Nc1ncnc2c1nc(SCCOc1ccccc1)n2Cc1ccccc1. The molecule has 0 radical (unpaired) electrons. The molecule has 0 unspecified atom stereocenters. The van der Waals surface area contributed by atoms with E-state index < -0.39 is 0 Å². The van der Waals surface area contributed by atoms with Gasteiger partial charge in [-0.05, 0) is 17.7 Å². The molecule has 0 atom stereocenters. The van der Waals surface area contributed by atoms with E-state index in [9.17, 15) is 0 Å². The minimum atomic E-state index is 0.397. The highest BCUT2D eigenvalue weighted by Crippen LogP contribution is 2.26. The van der Waals surface area contributed by atoms with Crippen molar-refractivity contribution in [3.8, 4) is 5.75 Å². The lowest BCUT2D eigenvalue weighted by atomic mass is 10.2. The summed E-state index contributed by atoms with van der Waals surface area (Å²) in [5.74, 6) is 2.03. The number of hydrogen-bond donors (Lipinski definition) is 1. The van der Waals surface area contributed by atoms with Crippen LogP contribution in [0.1, 0.15) is 5.56 Å². The number of fused-ring (bicyclic) bond motifs is 1. The molecule has 2 heterocycles. The van der Waals surface area contributed by atoms with Crippen LogP contribution in [-0.2, 0) is 6.54 Å². The predicted molar refractivity (Wildman–Crippen MR) is 108 cm³/mol. The third-order valence-corrected chi connectivity index (χ3v) is 4.98. The van der Waals surface area contributed by atoms with Gasteiger partial charge in [0.05, 0.1) is 13.2 Å². The number of nitrogens with zero attached hydrogens (tertiary/aromatic N) is 4. The fourth-order valence-electron chi connectivity index (χ4n) is 2.76. The molecule has 7 heteroatoms. The number of para-hydroxylation sites is 1. The van der Waals surface area contributed by atoms with Crippen molar-refractivity contribution in [3.05, 3.63) is 72.6 Å². The summed E-state index contributed by atoms with van der Waals surface area (Å²) < 4.78 is 7.85. The lowest BCUT2D eigenvalue weighted by molar-refractivity contribution is 0.344. The number of anilines is 1. The highest BCUT2D eigenvalue weighted by molar-refractivity contribution is 7.99. The van der Waals surface area contributed by atoms with Crippen LogP contribution in [-0.4, -0.2) is 31.9 Å². The predicted octanol–water partition coefficient (Wildman–Crippen LogP) is 3.63. The van der Waals surface area contributed by atoms with Crippen LogP contribution in [0.4, 0.5) is 5.82 Å². The van der Waals surface area contributed by atoms with Crippen molar-refractivity contribution in [2.45, 2.75) is 11.7 Å². The minimum Gasteiger partial charge on any atom is -0.493 e. The van der Waals surface area contributed by atoms with Gasteiger partial charge in [0.15, 0.2) is 22.1 Å². The van der Waals surface area contributed by atoms with Crippen molar-refractivity contribution >= 4 is 28.7 Å². The summed E-state index contributed by atoms with van der Waals surface area (Å²) in [6.45, 7) is 1.26. The van der Waals surface area contributed by atoms with Gasteiger partial charge in [-0.15, -0.1) is 0 Å². The van der Waals surface area contributed by atoms with Crippen molar-refractivity contribution in [3.63, 3.8) is 0 Å². The van der Waals surface area contributed by atoms with Gasteiger partial charge in [-0.2, -0.15) is 0 Å². The van der Waals surface area contributed by atoms with Crippen molar-refractivity contribution < 1.29 is 4.74 Å². The average molecular weight is 377 g/mol. The number of imidazole rings is 1. The Morgan fingerprint density at radius 3 is 2.48 bits per heavy atom. The Balaban J connectivity index is 1.53. The zero-order valence-corrected chi connectivity index (χ0v) is 15.5. The van der Waals surface area contributed by atoms with E-state index in [1.165, 1.54) is 11.9 Å². The van der Waals surface area contributed by atoms with E-state index >= 15 is 0 Å². The number of hydrogen-bond acceptors (Lipinski definition) is 6. The largest absolute Gasteiger partial charge is 0.493 e. The summed E-state index contributed by atoms with van der Waals surface area (Å²) in [6.07, 6.45) is 1.48. The maximum Gasteiger partial charge on any atom is 0.170 e. The third kappa shape index (κ3) is 4.03. The van der Waals surface area contributed by atoms with Gasteiger partial charge in [0.1, 0.15) is 12.1 Å². The highest BCUT2D eigenvalue weighted by atomic mass is 32.2. The molecule has 0 saturated heterocycles. The highest BCUT2D eigenvalue weighted by Gasteiger charge is 2.15. The van der Waals surface area contributed by atoms with Gasteiger partial charge >= 0.3 is 0 Å². The molecule has 4 rings (SSSR count). The number of benzene rings is 2. The number of aromatic nitrogens is 4. The topological polar surface area (TPSA) is 78.8 Å². The Kier molecular flexibility index (Phi) is 5.20. The van der Waals surface area contributed by atoms with Crippen molar-refractivity contribution in [1.82, 2.24) is 19.5 Å². The van der Waals surface area contributed by atoms with E-state index in [1.807, 2.05) is 48.5 Å². The zero-order chi connectivity index (χ0) is 18.5. The molecule has 2 aromatic carbocycles. The molecule has 0 aliphatic carbocycles. The fourth-order valence-corrected chi connectivity index (χ4v) is 3.57. The summed E-state index contributed by atoms with van der Waals surface area (Å²) in [6, 6.07) is 20.0. The lowest BCUT2D eigenvalue weighted by Gasteiger charge is -2.09. The molecule has 0 amide bonds. The Labute approximate surface area is 161 Å². The molecule has 6 nitrogen and oxygen atoms in total. The molecule has 2 N–H and O–H groups in total. The molecule has 0 bridgehead atoms. The molecule has 0 aliphatic rings. The number of nitrogen functional groups attached to an aromatic ring is 1. The summed E-state index contributed by atoms with van der Waals surface area (Å²) in [5.41, 5.74) is 8.57. The first-order chi connectivity index (χ1) is 13.3. The van der Waals surface area contributed by atoms with Crippen molar-refractivity contribution in [2.24, 2.45) is 0 Å². The Hall–Kier alpha value is -3.06. The smallest absolute Gasteiger partial charge is 0.170 e. The Morgan fingerprint density at radius 1 is 0.963 bits per heavy atom. The molecule has 27 heavy (non-hydrogen) atoms. The Morgan fingerprint density at radius 2 is 1.70 bits per heavy atom. The van der Waals surface area contributed by atoms with Crippen LogP contribution < -0.4 is 10.5 Å². The molecule has 2 aromatic heterocycles.